The Hall–Kier alpha value is -1.44. The van der Waals surface area contributed by atoms with Crippen LogP contribution in [0.3, 0.4) is 0 Å². The van der Waals surface area contributed by atoms with E-state index in [1.54, 1.807) is 22.6 Å². The molecule has 1 amide bonds. The van der Waals surface area contributed by atoms with Gasteiger partial charge in [0.25, 0.3) is 5.91 Å². The van der Waals surface area contributed by atoms with Gasteiger partial charge in [-0.1, -0.05) is 0 Å². The topological polar surface area (TPSA) is 87.8 Å². The number of aliphatic hydroxyl groups excluding tert-OH is 1. The molecule has 1 aromatic rings. The third-order valence-electron chi connectivity index (χ3n) is 5.32. The molecule has 2 aliphatic rings. The molecule has 2 N–H and O–H groups in total. The zero-order valence-corrected chi connectivity index (χ0v) is 13.9. The summed E-state index contributed by atoms with van der Waals surface area (Å²) in [6.45, 7) is 4.96. The summed E-state index contributed by atoms with van der Waals surface area (Å²) in [5.41, 5.74) is -0.511. The van der Waals surface area contributed by atoms with E-state index in [0.29, 0.717) is 44.7 Å². The molecule has 2 fully saturated rings. The van der Waals surface area contributed by atoms with Crippen molar-refractivity contribution in [3.05, 3.63) is 17.5 Å². The number of aryl methyl sites for hydroxylation is 2. The Labute approximate surface area is 135 Å². The molecule has 2 aliphatic heterocycles. The molecule has 3 rings (SSSR count). The second-order valence-corrected chi connectivity index (χ2v) is 7.01. The molecule has 0 aromatic carbocycles. The lowest BCUT2D eigenvalue weighted by Gasteiger charge is -2.51. The molecule has 23 heavy (non-hydrogen) atoms. The van der Waals surface area contributed by atoms with Crippen molar-refractivity contribution in [1.29, 1.82) is 0 Å². The number of nitrogens with zero attached hydrogens (tertiary/aromatic N) is 3. The number of amides is 1. The molecule has 1 spiro atoms. The minimum Gasteiger partial charge on any atom is -0.387 e. The highest BCUT2D eigenvalue weighted by Crippen LogP contribution is 2.39. The molecular weight excluding hydrogens is 298 g/mol. The van der Waals surface area contributed by atoms with Crippen molar-refractivity contribution in [2.24, 2.45) is 7.05 Å². The predicted molar refractivity (Wildman–Crippen MR) is 83.0 cm³/mol. The average Bonchev–Trinajstić information content (AvgIpc) is 2.84. The molecule has 0 radical (unpaired) electrons. The molecule has 3 heterocycles. The quantitative estimate of drug-likeness (QED) is 0.773. The summed E-state index contributed by atoms with van der Waals surface area (Å²) in [6, 6.07) is 1.78. The Morgan fingerprint density at radius 2 is 2.04 bits per heavy atom. The van der Waals surface area contributed by atoms with Gasteiger partial charge in [-0.2, -0.15) is 5.10 Å². The molecule has 7 nitrogen and oxygen atoms in total. The van der Waals surface area contributed by atoms with Crippen molar-refractivity contribution in [3.63, 3.8) is 0 Å². The maximum atomic E-state index is 12.5. The van der Waals surface area contributed by atoms with Crippen molar-refractivity contribution in [2.75, 3.05) is 19.7 Å². The highest BCUT2D eigenvalue weighted by atomic mass is 16.5. The predicted octanol–water partition coefficient (Wildman–Crippen LogP) is 0.236. The third-order valence-corrected chi connectivity index (χ3v) is 5.32. The smallest absolute Gasteiger partial charge is 0.274 e. The summed E-state index contributed by atoms with van der Waals surface area (Å²) in [5.74, 6) is -0.0967. The van der Waals surface area contributed by atoms with E-state index in [-0.39, 0.29) is 5.91 Å². The molecule has 0 saturated carbocycles. The number of piperidine rings is 1. The number of ether oxygens (including phenoxy) is 1. The van der Waals surface area contributed by atoms with E-state index in [9.17, 15) is 15.0 Å². The van der Waals surface area contributed by atoms with Crippen LogP contribution in [0.25, 0.3) is 0 Å². The fraction of sp³-hybridized carbons (Fsp3) is 0.750. The van der Waals surface area contributed by atoms with E-state index >= 15 is 0 Å². The highest BCUT2D eigenvalue weighted by Gasteiger charge is 2.53. The Morgan fingerprint density at radius 1 is 1.39 bits per heavy atom. The second-order valence-electron chi connectivity index (χ2n) is 7.01. The highest BCUT2D eigenvalue weighted by molar-refractivity contribution is 5.92. The number of aliphatic hydroxyl groups is 2. The molecule has 2 atom stereocenters. The molecular formula is C16H25N3O4. The van der Waals surface area contributed by atoms with Gasteiger partial charge in [0.2, 0.25) is 0 Å². The standard InChI is InChI=1S/C16H25N3O4/c1-11-10-12(17-18(11)3)13(20)19-7-4-16(5-8-19)14(21)15(2,22)6-9-23-16/h10,14,21-22H,4-9H2,1-3H3/t14-,15+/m0/s1. The van der Waals surface area contributed by atoms with Gasteiger partial charge >= 0.3 is 0 Å². The lowest BCUT2D eigenvalue weighted by atomic mass is 9.75. The number of aromatic nitrogens is 2. The van der Waals surface area contributed by atoms with Crippen LogP contribution < -0.4 is 0 Å². The SMILES string of the molecule is Cc1cc(C(=O)N2CCC3(CC2)OCC[C@@](C)(O)[C@@H]3O)nn1C. The normalized spacial score (nSPS) is 30.7. The fourth-order valence-corrected chi connectivity index (χ4v) is 3.58. The first-order valence-corrected chi connectivity index (χ1v) is 8.09. The Morgan fingerprint density at radius 3 is 2.61 bits per heavy atom. The van der Waals surface area contributed by atoms with Crippen LogP contribution in [-0.2, 0) is 11.8 Å². The lowest BCUT2D eigenvalue weighted by Crippen LogP contribution is -2.64. The largest absolute Gasteiger partial charge is 0.387 e. The van der Waals surface area contributed by atoms with Gasteiger partial charge in [0.1, 0.15) is 11.7 Å². The summed E-state index contributed by atoms with van der Waals surface area (Å²) in [4.78, 5) is 14.3. The van der Waals surface area contributed by atoms with Gasteiger partial charge in [0, 0.05) is 32.3 Å². The Kier molecular flexibility index (Phi) is 3.98. The van der Waals surface area contributed by atoms with Crippen molar-refractivity contribution >= 4 is 5.91 Å². The van der Waals surface area contributed by atoms with Crippen LogP contribution in [0.1, 0.15) is 42.4 Å². The zero-order chi connectivity index (χ0) is 16.8. The number of hydrogen-bond acceptors (Lipinski definition) is 5. The maximum Gasteiger partial charge on any atom is 0.274 e. The van der Waals surface area contributed by atoms with Gasteiger partial charge in [-0.3, -0.25) is 9.48 Å². The molecule has 1 aromatic heterocycles. The molecule has 0 aliphatic carbocycles. The lowest BCUT2D eigenvalue weighted by molar-refractivity contribution is -0.244. The summed E-state index contributed by atoms with van der Waals surface area (Å²) in [7, 11) is 1.81. The van der Waals surface area contributed by atoms with E-state index in [0.717, 1.165) is 5.69 Å². The maximum absolute atomic E-state index is 12.5. The summed E-state index contributed by atoms with van der Waals surface area (Å²) >= 11 is 0. The fourth-order valence-electron chi connectivity index (χ4n) is 3.58. The van der Waals surface area contributed by atoms with Crippen molar-refractivity contribution in [1.82, 2.24) is 14.7 Å². The van der Waals surface area contributed by atoms with E-state index in [2.05, 4.69) is 5.10 Å². The molecule has 128 valence electrons. The van der Waals surface area contributed by atoms with Gasteiger partial charge < -0.3 is 19.8 Å². The molecule has 7 heteroatoms. The van der Waals surface area contributed by atoms with Crippen LogP contribution in [0.5, 0.6) is 0 Å². The number of rotatable bonds is 1. The van der Waals surface area contributed by atoms with Gasteiger partial charge in [0.05, 0.1) is 12.2 Å². The molecule has 2 saturated heterocycles. The number of carbonyl (C=O) groups is 1. The molecule has 0 unspecified atom stereocenters. The monoisotopic (exact) mass is 323 g/mol. The number of carbonyl (C=O) groups excluding carboxylic acids is 1. The van der Waals surface area contributed by atoms with Gasteiger partial charge in [-0.15, -0.1) is 0 Å². The van der Waals surface area contributed by atoms with E-state index < -0.39 is 17.3 Å². The van der Waals surface area contributed by atoms with E-state index in [1.807, 2.05) is 14.0 Å². The van der Waals surface area contributed by atoms with Crippen LogP contribution in [-0.4, -0.2) is 67.8 Å². The average molecular weight is 323 g/mol. The number of hydrogen-bond donors (Lipinski definition) is 2. The summed E-state index contributed by atoms with van der Waals surface area (Å²) in [5, 5.41) is 25.1. The van der Waals surface area contributed by atoms with Gasteiger partial charge in [0.15, 0.2) is 5.69 Å². The van der Waals surface area contributed by atoms with Crippen LogP contribution in [0.2, 0.25) is 0 Å². The van der Waals surface area contributed by atoms with Crippen LogP contribution in [0.15, 0.2) is 6.07 Å². The first kappa shape index (κ1) is 16.4. The molecule has 0 bridgehead atoms. The van der Waals surface area contributed by atoms with E-state index in [1.165, 1.54) is 0 Å². The van der Waals surface area contributed by atoms with Gasteiger partial charge in [-0.25, -0.2) is 0 Å². The summed E-state index contributed by atoms with van der Waals surface area (Å²) in [6.07, 6.45) is 0.522. The van der Waals surface area contributed by atoms with Crippen LogP contribution in [0, 0.1) is 6.92 Å². The van der Waals surface area contributed by atoms with Gasteiger partial charge in [-0.05, 0) is 32.8 Å². The van der Waals surface area contributed by atoms with Crippen molar-refractivity contribution in [3.8, 4) is 0 Å². The van der Waals surface area contributed by atoms with Crippen LogP contribution >= 0.6 is 0 Å². The second kappa shape index (κ2) is 5.58. The van der Waals surface area contributed by atoms with Crippen molar-refractivity contribution < 1.29 is 19.7 Å². The first-order chi connectivity index (χ1) is 10.8. The third kappa shape index (κ3) is 2.77. The number of likely N-dealkylation sites (tertiary alicyclic amines) is 1. The minimum absolute atomic E-state index is 0.0967. The zero-order valence-electron chi connectivity index (χ0n) is 13.9. The van der Waals surface area contributed by atoms with E-state index in [4.69, 9.17) is 4.74 Å². The Balaban J connectivity index is 1.69. The minimum atomic E-state index is -1.14. The van der Waals surface area contributed by atoms with Crippen molar-refractivity contribution in [2.45, 2.75) is 50.4 Å². The Bertz CT molecular complexity index is 583. The van der Waals surface area contributed by atoms with Crippen LogP contribution in [0.4, 0.5) is 0 Å². The first-order valence-electron chi connectivity index (χ1n) is 8.09. The summed E-state index contributed by atoms with van der Waals surface area (Å²) < 4.78 is 7.53.